The van der Waals surface area contributed by atoms with Crippen molar-refractivity contribution in [2.24, 2.45) is 9.98 Å². The van der Waals surface area contributed by atoms with Crippen molar-refractivity contribution in [1.82, 2.24) is 14.9 Å². The molecule has 5 rings (SSSR count). The number of amides is 2. The highest BCUT2D eigenvalue weighted by Crippen LogP contribution is 2.23. The molecule has 3 aromatic rings. The summed E-state index contributed by atoms with van der Waals surface area (Å²) >= 11 is 0. The van der Waals surface area contributed by atoms with Crippen LogP contribution in [-0.4, -0.2) is 47.1 Å². The lowest BCUT2D eigenvalue weighted by Crippen LogP contribution is -2.31. The van der Waals surface area contributed by atoms with Gasteiger partial charge in [0.15, 0.2) is 0 Å². The van der Waals surface area contributed by atoms with E-state index in [1.54, 1.807) is 0 Å². The topological polar surface area (TPSA) is 80.0 Å². The average Bonchev–Trinajstić information content (AvgIpc) is 3.20. The zero-order chi connectivity index (χ0) is 21.2. The maximum atomic E-state index is 11.7. The summed E-state index contributed by atoms with van der Waals surface area (Å²) in [7, 11) is 0. The molecule has 158 valence electrons. The van der Waals surface area contributed by atoms with E-state index < -0.39 is 6.03 Å². The molecular weight excluding hydrogens is 390 g/mol. The number of benzene rings is 1. The number of likely N-dealkylation sites (tertiary alicyclic amines) is 1. The molecular formula is C24H25N5O2. The predicted octanol–water partition coefficient (Wildman–Crippen LogP) is 3.23. The van der Waals surface area contributed by atoms with Crippen LogP contribution in [0.3, 0.4) is 0 Å². The van der Waals surface area contributed by atoms with Crippen molar-refractivity contribution in [3.8, 4) is 17.0 Å². The van der Waals surface area contributed by atoms with Crippen molar-refractivity contribution in [2.75, 3.05) is 26.2 Å². The Balaban J connectivity index is 1.29. The molecule has 2 aliphatic rings. The summed E-state index contributed by atoms with van der Waals surface area (Å²) < 4.78 is 5.83. The molecule has 2 amide bonds. The Kier molecular flexibility index (Phi) is 5.42. The fourth-order valence-electron chi connectivity index (χ4n) is 4.28. The van der Waals surface area contributed by atoms with Crippen LogP contribution in [0, 0.1) is 6.92 Å². The minimum absolute atomic E-state index is 0.471. The van der Waals surface area contributed by atoms with Crippen LogP contribution < -0.4 is 15.5 Å². The number of aryl methyl sites for hydroxylation is 1. The van der Waals surface area contributed by atoms with Crippen LogP contribution in [-0.2, 0) is 0 Å². The van der Waals surface area contributed by atoms with Gasteiger partial charge < -0.3 is 9.64 Å². The van der Waals surface area contributed by atoms with E-state index in [1.807, 2.05) is 43.5 Å². The normalized spacial score (nSPS) is 16.1. The molecule has 1 aromatic carbocycles. The Labute approximate surface area is 180 Å². The monoisotopic (exact) mass is 415 g/mol. The van der Waals surface area contributed by atoms with E-state index in [1.165, 1.54) is 32.4 Å². The lowest BCUT2D eigenvalue weighted by molar-refractivity contribution is 0.203. The lowest BCUT2D eigenvalue weighted by atomic mass is 10.0. The van der Waals surface area contributed by atoms with Gasteiger partial charge in [0.25, 0.3) is 0 Å². The first kappa shape index (κ1) is 19.8. The van der Waals surface area contributed by atoms with Crippen LogP contribution in [0.4, 0.5) is 4.79 Å². The third kappa shape index (κ3) is 4.18. The Morgan fingerprint density at radius 2 is 1.81 bits per heavy atom. The third-order valence-electron chi connectivity index (χ3n) is 5.91. The van der Waals surface area contributed by atoms with Crippen molar-refractivity contribution >= 4 is 16.9 Å². The minimum atomic E-state index is -0.471. The van der Waals surface area contributed by atoms with Crippen LogP contribution in [0.25, 0.3) is 22.0 Å². The van der Waals surface area contributed by atoms with E-state index in [9.17, 15) is 4.79 Å². The molecule has 0 N–H and O–H groups in total. The largest absolute Gasteiger partial charge is 0.478 e. The smallest absolute Gasteiger partial charge is 0.368 e. The summed E-state index contributed by atoms with van der Waals surface area (Å²) in [5.74, 6) is 0.640. The quantitative estimate of drug-likeness (QED) is 0.578. The first-order chi connectivity index (χ1) is 15.2. The highest BCUT2D eigenvalue weighted by atomic mass is 16.5. The molecule has 4 heterocycles. The summed E-state index contributed by atoms with van der Waals surface area (Å²) in [6.45, 7) is 6.04. The molecule has 0 bridgehead atoms. The summed E-state index contributed by atoms with van der Waals surface area (Å²) in [5, 5.41) is 2.00. The fourth-order valence-corrected chi connectivity index (χ4v) is 4.28. The van der Waals surface area contributed by atoms with Crippen LogP contribution in [0.5, 0.6) is 5.88 Å². The number of aromatic nitrogens is 2. The first-order valence-corrected chi connectivity index (χ1v) is 10.9. The van der Waals surface area contributed by atoms with Crippen LogP contribution >= 0.6 is 0 Å². The number of hydrogen-bond acceptors (Lipinski definition) is 5. The number of fused-ring (bicyclic) bond motifs is 3. The second kappa shape index (κ2) is 8.51. The predicted molar refractivity (Wildman–Crippen MR) is 118 cm³/mol. The lowest BCUT2D eigenvalue weighted by Gasteiger charge is -2.26. The number of piperidine rings is 1. The molecule has 0 radical (unpaired) electrons. The number of urea groups is 1. The Morgan fingerprint density at radius 3 is 2.61 bits per heavy atom. The average molecular weight is 415 g/mol. The molecule has 2 aromatic heterocycles. The second-order valence-electron chi connectivity index (χ2n) is 8.12. The molecule has 31 heavy (non-hydrogen) atoms. The minimum Gasteiger partial charge on any atom is -0.478 e. The molecule has 0 atom stereocenters. The van der Waals surface area contributed by atoms with Gasteiger partial charge in [0, 0.05) is 29.8 Å². The zero-order valence-electron chi connectivity index (χ0n) is 17.7. The SMILES string of the molecule is Cc1nc2ccc(-c3ccc(OCCCN4CCCCC4)nc3)cc2c2c1=NC(=O)N=2. The molecule has 0 unspecified atom stereocenters. The summed E-state index contributed by atoms with van der Waals surface area (Å²) in [4.78, 5) is 31.3. The van der Waals surface area contributed by atoms with E-state index in [4.69, 9.17) is 4.74 Å². The molecule has 7 heteroatoms. The van der Waals surface area contributed by atoms with Gasteiger partial charge in [-0.05, 0) is 63.0 Å². The van der Waals surface area contributed by atoms with Crippen LogP contribution in [0.15, 0.2) is 46.5 Å². The Morgan fingerprint density at radius 1 is 1.00 bits per heavy atom. The number of pyridine rings is 2. The van der Waals surface area contributed by atoms with E-state index in [0.717, 1.165) is 35.0 Å². The standard InChI is InChI=1S/C24H25N5O2/c1-16-22-23(28-24(30)27-22)19-14-17(6-8-20(19)26-16)18-7-9-21(25-15-18)31-13-5-12-29-10-3-2-4-11-29/h6-9,14-15H,2-5,10-13H2,1H3. The van der Waals surface area contributed by atoms with Gasteiger partial charge in [0.05, 0.1) is 17.8 Å². The first-order valence-electron chi connectivity index (χ1n) is 10.9. The fraction of sp³-hybridized carbons (Fsp3) is 0.375. The number of carbonyl (C=O) groups is 1. The van der Waals surface area contributed by atoms with Gasteiger partial charge >= 0.3 is 6.03 Å². The molecule has 7 nitrogen and oxygen atoms in total. The maximum Gasteiger partial charge on any atom is 0.368 e. The Bertz CT molecular complexity index is 1250. The number of ether oxygens (including phenoxy) is 1. The zero-order valence-corrected chi connectivity index (χ0v) is 17.7. The van der Waals surface area contributed by atoms with Gasteiger partial charge in [-0.3, -0.25) is 4.98 Å². The van der Waals surface area contributed by atoms with Crippen LogP contribution in [0.2, 0.25) is 0 Å². The van der Waals surface area contributed by atoms with Crippen molar-refractivity contribution < 1.29 is 9.53 Å². The highest BCUT2D eigenvalue weighted by molar-refractivity contribution is 5.87. The molecule has 0 aliphatic carbocycles. The number of nitrogens with zero attached hydrogens (tertiary/aromatic N) is 5. The maximum absolute atomic E-state index is 11.7. The third-order valence-corrected chi connectivity index (χ3v) is 5.91. The molecule has 1 fully saturated rings. The second-order valence-corrected chi connectivity index (χ2v) is 8.12. The number of carbonyl (C=O) groups excluding carboxylic acids is 1. The van der Waals surface area contributed by atoms with Gasteiger partial charge in [0.1, 0.15) is 10.7 Å². The van der Waals surface area contributed by atoms with Crippen molar-refractivity contribution in [3.63, 3.8) is 0 Å². The Hall–Kier alpha value is -3.19. The van der Waals surface area contributed by atoms with Crippen molar-refractivity contribution in [2.45, 2.75) is 32.6 Å². The summed E-state index contributed by atoms with van der Waals surface area (Å²) in [6, 6.07) is 9.38. The van der Waals surface area contributed by atoms with Crippen molar-refractivity contribution in [1.29, 1.82) is 0 Å². The van der Waals surface area contributed by atoms with Gasteiger partial charge in [0.2, 0.25) is 5.88 Å². The molecule has 1 saturated heterocycles. The van der Waals surface area contributed by atoms with E-state index in [2.05, 4.69) is 24.9 Å². The van der Waals surface area contributed by atoms with Gasteiger partial charge in [-0.25, -0.2) is 9.78 Å². The van der Waals surface area contributed by atoms with E-state index in [-0.39, 0.29) is 0 Å². The van der Waals surface area contributed by atoms with Crippen molar-refractivity contribution in [3.05, 3.63) is 52.9 Å². The van der Waals surface area contributed by atoms with Gasteiger partial charge in [-0.2, -0.15) is 9.98 Å². The number of hydrogen-bond donors (Lipinski definition) is 0. The van der Waals surface area contributed by atoms with Crippen LogP contribution in [0.1, 0.15) is 31.4 Å². The summed E-state index contributed by atoms with van der Waals surface area (Å²) in [6.07, 6.45) is 6.82. The highest BCUT2D eigenvalue weighted by Gasteiger charge is 2.13. The molecule has 0 saturated carbocycles. The van der Waals surface area contributed by atoms with Gasteiger partial charge in [-0.1, -0.05) is 12.5 Å². The van der Waals surface area contributed by atoms with Gasteiger partial charge in [-0.15, -0.1) is 0 Å². The van der Waals surface area contributed by atoms with E-state index >= 15 is 0 Å². The molecule has 2 aliphatic heterocycles. The molecule has 0 spiro atoms. The van der Waals surface area contributed by atoms with E-state index in [0.29, 0.717) is 28.9 Å². The number of rotatable bonds is 6. The summed E-state index contributed by atoms with van der Waals surface area (Å²) in [5.41, 5.74) is 3.47.